The van der Waals surface area contributed by atoms with E-state index in [1.165, 1.54) is 4.90 Å². The van der Waals surface area contributed by atoms with Crippen LogP contribution in [0.5, 0.6) is 0 Å². The zero-order valence-corrected chi connectivity index (χ0v) is 18.5. The summed E-state index contributed by atoms with van der Waals surface area (Å²) in [7, 11) is 0. The Morgan fingerprint density at radius 3 is 2.03 bits per heavy atom. The minimum absolute atomic E-state index is 0.0219. The van der Waals surface area contributed by atoms with Gasteiger partial charge in [0, 0.05) is 26.3 Å². The smallest absolute Gasteiger partial charge is 0.300 e. The number of rotatable bonds is 3. The maximum Gasteiger partial charge on any atom is 0.300 e. The second-order valence-corrected chi connectivity index (χ2v) is 8.44. The molecule has 0 aliphatic carbocycles. The second-order valence-electron chi connectivity index (χ2n) is 7.16. The third-order valence-electron chi connectivity index (χ3n) is 5.18. The minimum atomic E-state index is -0.855. The summed E-state index contributed by atoms with van der Waals surface area (Å²) in [5.41, 5.74) is 2.27. The highest BCUT2D eigenvalue weighted by Crippen LogP contribution is 2.43. The lowest BCUT2D eigenvalue weighted by Crippen LogP contribution is -2.29. The molecule has 0 bridgehead atoms. The van der Waals surface area contributed by atoms with Gasteiger partial charge in [0.2, 0.25) is 0 Å². The van der Waals surface area contributed by atoms with Gasteiger partial charge in [0.1, 0.15) is 5.76 Å². The first-order chi connectivity index (χ1) is 14.8. The van der Waals surface area contributed by atoms with Crippen molar-refractivity contribution in [3.63, 3.8) is 0 Å². The first-order valence-electron chi connectivity index (χ1n) is 9.36. The van der Waals surface area contributed by atoms with Crippen LogP contribution in [0.2, 0.25) is 15.1 Å². The summed E-state index contributed by atoms with van der Waals surface area (Å²) < 4.78 is 0. The van der Waals surface area contributed by atoms with Crippen LogP contribution in [0.3, 0.4) is 0 Å². The van der Waals surface area contributed by atoms with Gasteiger partial charge in [-0.3, -0.25) is 14.5 Å². The van der Waals surface area contributed by atoms with E-state index in [1.807, 2.05) is 6.92 Å². The van der Waals surface area contributed by atoms with Crippen molar-refractivity contribution < 1.29 is 14.7 Å². The predicted octanol–water partition coefficient (Wildman–Crippen LogP) is 6.58. The average Bonchev–Trinajstić information content (AvgIpc) is 3.01. The van der Waals surface area contributed by atoms with E-state index in [2.05, 4.69) is 0 Å². The average molecular weight is 473 g/mol. The van der Waals surface area contributed by atoms with E-state index in [-0.39, 0.29) is 11.3 Å². The third kappa shape index (κ3) is 3.94. The number of anilines is 1. The first kappa shape index (κ1) is 21.4. The summed E-state index contributed by atoms with van der Waals surface area (Å²) >= 11 is 18.3. The Kier molecular flexibility index (Phi) is 5.80. The summed E-state index contributed by atoms with van der Waals surface area (Å²) in [4.78, 5) is 27.5. The fourth-order valence-electron chi connectivity index (χ4n) is 3.55. The van der Waals surface area contributed by atoms with E-state index in [1.54, 1.807) is 66.7 Å². The van der Waals surface area contributed by atoms with Crippen molar-refractivity contribution in [3.8, 4) is 0 Å². The molecule has 1 heterocycles. The van der Waals surface area contributed by atoms with Crippen molar-refractivity contribution >= 4 is 57.9 Å². The van der Waals surface area contributed by atoms with Crippen LogP contribution in [0.25, 0.3) is 5.76 Å². The van der Waals surface area contributed by atoms with Crippen LogP contribution >= 0.6 is 34.8 Å². The van der Waals surface area contributed by atoms with E-state index in [0.717, 1.165) is 5.56 Å². The molecule has 1 unspecified atom stereocenters. The maximum absolute atomic E-state index is 13.1. The topological polar surface area (TPSA) is 57.6 Å². The van der Waals surface area contributed by atoms with Gasteiger partial charge in [-0.1, -0.05) is 53.0 Å². The molecule has 1 N–H and O–H groups in total. The fourth-order valence-corrected chi connectivity index (χ4v) is 3.98. The van der Waals surface area contributed by atoms with Crippen LogP contribution in [0.15, 0.2) is 72.3 Å². The van der Waals surface area contributed by atoms with Crippen LogP contribution in [0.4, 0.5) is 5.69 Å². The number of hydrogen-bond donors (Lipinski definition) is 1. The molecule has 0 saturated carbocycles. The Bertz CT molecular complexity index is 1220. The number of ketones is 1. The number of carbonyl (C=O) groups is 2. The summed E-state index contributed by atoms with van der Waals surface area (Å²) in [5.74, 6) is -1.82. The molecule has 7 heteroatoms. The molecule has 3 aromatic carbocycles. The largest absolute Gasteiger partial charge is 0.507 e. The van der Waals surface area contributed by atoms with E-state index in [4.69, 9.17) is 34.8 Å². The van der Waals surface area contributed by atoms with Crippen LogP contribution in [0, 0.1) is 6.92 Å². The Morgan fingerprint density at radius 1 is 0.871 bits per heavy atom. The van der Waals surface area contributed by atoms with Gasteiger partial charge < -0.3 is 5.11 Å². The molecule has 1 fully saturated rings. The lowest BCUT2D eigenvalue weighted by atomic mass is 9.95. The summed E-state index contributed by atoms with van der Waals surface area (Å²) in [5, 5.41) is 12.5. The summed E-state index contributed by atoms with van der Waals surface area (Å²) in [6, 6.07) is 17.4. The first-order valence-corrected chi connectivity index (χ1v) is 10.5. The number of amides is 1. The van der Waals surface area contributed by atoms with Gasteiger partial charge in [-0.15, -0.1) is 0 Å². The number of nitrogens with zero attached hydrogens (tertiary/aromatic N) is 1. The van der Waals surface area contributed by atoms with Gasteiger partial charge >= 0.3 is 0 Å². The van der Waals surface area contributed by atoms with Gasteiger partial charge in [0.05, 0.1) is 11.6 Å². The molecule has 0 radical (unpaired) electrons. The van der Waals surface area contributed by atoms with E-state index in [0.29, 0.717) is 31.9 Å². The summed E-state index contributed by atoms with van der Waals surface area (Å²) in [6.07, 6.45) is 0. The monoisotopic (exact) mass is 471 g/mol. The number of halogens is 3. The molecule has 1 amide bonds. The standard InChI is InChI=1S/C24H16Cl3NO3/c1-13-2-11-18(12-19(13)27)28-21(14-3-7-16(25)8-4-14)20(23(30)24(28)31)22(29)15-5-9-17(26)10-6-15/h2-12,21,29H,1H3/b22-20+. The molecule has 0 spiro atoms. The van der Waals surface area contributed by atoms with Gasteiger partial charge in [-0.25, -0.2) is 0 Å². The van der Waals surface area contributed by atoms with Crippen molar-refractivity contribution in [3.05, 3.63) is 104 Å². The predicted molar refractivity (Wildman–Crippen MR) is 124 cm³/mol. The lowest BCUT2D eigenvalue weighted by Gasteiger charge is -2.26. The second kappa shape index (κ2) is 8.39. The summed E-state index contributed by atoms with van der Waals surface area (Å²) in [6.45, 7) is 1.84. The molecule has 4 rings (SSSR count). The molecule has 1 aliphatic rings. The van der Waals surface area contributed by atoms with Crippen molar-refractivity contribution in [1.82, 2.24) is 0 Å². The molecular weight excluding hydrogens is 457 g/mol. The van der Waals surface area contributed by atoms with Crippen molar-refractivity contribution in [2.45, 2.75) is 13.0 Å². The number of aryl methyl sites for hydroxylation is 1. The van der Waals surface area contributed by atoms with Crippen LogP contribution in [0.1, 0.15) is 22.7 Å². The number of benzene rings is 3. The van der Waals surface area contributed by atoms with Crippen molar-refractivity contribution in [2.24, 2.45) is 0 Å². The number of aliphatic hydroxyl groups is 1. The van der Waals surface area contributed by atoms with Crippen molar-refractivity contribution in [1.29, 1.82) is 0 Å². The van der Waals surface area contributed by atoms with Crippen LogP contribution in [-0.4, -0.2) is 16.8 Å². The van der Waals surface area contributed by atoms with Gasteiger partial charge in [-0.2, -0.15) is 0 Å². The van der Waals surface area contributed by atoms with Gasteiger partial charge in [0.25, 0.3) is 11.7 Å². The zero-order chi connectivity index (χ0) is 22.3. The van der Waals surface area contributed by atoms with E-state index in [9.17, 15) is 14.7 Å². The minimum Gasteiger partial charge on any atom is -0.507 e. The molecule has 0 aromatic heterocycles. The highest BCUT2D eigenvalue weighted by molar-refractivity contribution is 6.52. The molecular formula is C24H16Cl3NO3. The molecule has 4 nitrogen and oxygen atoms in total. The van der Waals surface area contributed by atoms with Gasteiger partial charge in [0.15, 0.2) is 0 Å². The third-order valence-corrected chi connectivity index (χ3v) is 6.09. The Morgan fingerprint density at radius 2 is 1.45 bits per heavy atom. The molecule has 31 heavy (non-hydrogen) atoms. The zero-order valence-electron chi connectivity index (χ0n) is 16.3. The Hall–Kier alpha value is -2.79. The normalized spacial score (nSPS) is 17.9. The van der Waals surface area contributed by atoms with Crippen molar-refractivity contribution in [2.75, 3.05) is 4.90 Å². The number of carbonyl (C=O) groups excluding carboxylic acids is 2. The fraction of sp³-hybridized carbons (Fsp3) is 0.0833. The molecule has 3 aromatic rings. The molecule has 1 atom stereocenters. The van der Waals surface area contributed by atoms with Crippen LogP contribution in [-0.2, 0) is 9.59 Å². The highest BCUT2D eigenvalue weighted by atomic mass is 35.5. The highest BCUT2D eigenvalue weighted by Gasteiger charge is 2.47. The maximum atomic E-state index is 13.1. The Labute approximate surface area is 194 Å². The molecule has 1 aliphatic heterocycles. The lowest BCUT2D eigenvalue weighted by molar-refractivity contribution is -0.132. The number of hydrogen-bond acceptors (Lipinski definition) is 3. The number of Topliss-reactive ketones (excluding diaryl/α,β-unsaturated/α-hetero) is 1. The quantitative estimate of drug-likeness (QED) is 0.266. The molecule has 1 saturated heterocycles. The number of aliphatic hydroxyl groups excluding tert-OH is 1. The van der Waals surface area contributed by atoms with E-state index < -0.39 is 17.7 Å². The Balaban J connectivity index is 1.95. The van der Waals surface area contributed by atoms with E-state index >= 15 is 0 Å². The molecule has 156 valence electrons. The van der Waals surface area contributed by atoms with Gasteiger partial charge in [-0.05, 0) is 66.6 Å². The SMILES string of the molecule is Cc1ccc(N2C(=O)C(=O)/C(=C(/O)c3ccc(Cl)cc3)C2c2ccc(Cl)cc2)cc1Cl. The van der Waals surface area contributed by atoms with Crippen LogP contribution < -0.4 is 4.90 Å².